The third-order valence-corrected chi connectivity index (χ3v) is 1.87. The summed E-state index contributed by atoms with van der Waals surface area (Å²) >= 11 is 0. The molecule has 1 aliphatic heterocycles. The van der Waals surface area contributed by atoms with Gasteiger partial charge < -0.3 is 4.74 Å². The van der Waals surface area contributed by atoms with Gasteiger partial charge in [0.15, 0.2) is 0 Å². The Morgan fingerprint density at radius 2 is 2.73 bits per heavy atom. The Kier molecular flexibility index (Phi) is 2.77. The Morgan fingerprint density at radius 1 is 1.80 bits per heavy atom. The molecule has 1 aromatic rings. The first-order valence-electron chi connectivity index (χ1n) is 4.49. The summed E-state index contributed by atoms with van der Waals surface area (Å²) in [6.07, 6.45) is 7.27. The molecule has 78 valence electrons. The van der Waals surface area contributed by atoms with E-state index in [9.17, 15) is 4.79 Å². The molecule has 2 heterocycles. The van der Waals surface area contributed by atoms with E-state index in [0.717, 1.165) is 6.42 Å². The third kappa shape index (κ3) is 2.43. The highest BCUT2D eigenvalue weighted by Crippen LogP contribution is 2.05. The topological polar surface area (TPSA) is 79.4 Å². The van der Waals surface area contributed by atoms with Gasteiger partial charge in [-0.05, 0) is 12.1 Å². The number of hydrogen-bond donors (Lipinski definition) is 2. The zero-order valence-electron chi connectivity index (χ0n) is 7.88. The molecule has 0 saturated carbocycles. The maximum Gasteiger partial charge on any atom is 0.289 e. The van der Waals surface area contributed by atoms with Crippen LogP contribution in [0.2, 0.25) is 0 Å². The fourth-order valence-corrected chi connectivity index (χ4v) is 1.12. The summed E-state index contributed by atoms with van der Waals surface area (Å²) in [5.41, 5.74) is 2.74. The highest BCUT2D eigenvalue weighted by Gasteiger charge is 2.08. The highest BCUT2D eigenvalue weighted by molar-refractivity contribution is 5.92. The molecular weight excluding hydrogens is 196 g/mol. The van der Waals surface area contributed by atoms with Crippen LogP contribution < -0.4 is 5.43 Å². The van der Waals surface area contributed by atoms with Crippen molar-refractivity contribution in [2.45, 2.75) is 12.5 Å². The average Bonchev–Trinajstić information content (AvgIpc) is 2.90. The van der Waals surface area contributed by atoms with Crippen molar-refractivity contribution in [1.29, 1.82) is 0 Å². The van der Waals surface area contributed by atoms with Crippen LogP contribution in [0.4, 0.5) is 0 Å². The second-order valence-corrected chi connectivity index (χ2v) is 2.97. The molecule has 0 spiro atoms. The van der Waals surface area contributed by atoms with Crippen molar-refractivity contribution in [1.82, 2.24) is 15.6 Å². The number of hydrogen-bond acceptors (Lipinski definition) is 4. The van der Waals surface area contributed by atoms with Crippen LogP contribution in [0, 0.1) is 0 Å². The van der Waals surface area contributed by atoms with E-state index in [1.54, 1.807) is 18.5 Å². The predicted octanol–water partition coefficient (Wildman–Crippen LogP) is 0.428. The maximum absolute atomic E-state index is 11.3. The molecule has 0 fully saturated rings. The molecule has 0 saturated heterocycles. The summed E-state index contributed by atoms with van der Waals surface area (Å²) in [7, 11) is 0. The first-order chi connectivity index (χ1) is 7.36. The Labute approximate surface area is 86.0 Å². The van der Waals surface area contributed by atoms with E-state index in [-0.39, 0.29) is 12.0 Å². The molecule has 0 aliphatic carbocycles. The summed E-state index contributed by atoms with van der Waals surface area (Å²) in [5, 5.41) is 9.96. The van der Waals surface area contributed by atoms with Crippen LogP contribution in [0.3, 0.4) is 0 Å². The molecule has 0 bridgehead atoms. The zero-order valence-corrected chi connectivity index (χ0v) is 7.88. The van der Waals surface area contributed by atoms with Crippen LogP contribution in [0.15, 0.2) is 29.7 Å². The number of nitrogens with zero attached hydrogens (tertiary/aromatic N) is 2. The lowest BCUT2D eigenvalue weighted by Crippen LogP contribution is -2.19. The first-order valence-corrected chi connectivity index (χ1v) is 4.49. The molecule has 2 rings (SSSR count). The molecule has 1 aromatic heterocycles. The SMILES string of the molecule is O=C(N/N=C/C1CC=CO1)c1ccn[nH]1. The molecular formula is C9H10N4O2. The van der Waals surface area contributed by atoms with Gasteiger partial charge in [-0.25, -0.2) is 5.43 Å². The van der Waals surface area contributed by atoms with Crippen molar-refractivity contribution in [3.8, 4) is 0 Å². The van der Waals surface area contributed by atoms with E-state index in [1.807, 2.05) is 6.08 Å². The van der Waals surface area contributed by atoms with Gasteiger partial charge in [0.2, 0.25) is 0 Å². The zero-order chi connectivity index (χ0) is 10.5. The van der Waals surface area contributed by atoms with E-state index in [1.165, 1.54) is 6.20 Å². The number of H-pyrrole nitrogens is 1. The fraction of sp³-hybridized carbons (Fsp3) is 0.222. The molecule has 1 unspecified atom stereocenters. The van der Waals surface area contributed by atoms with Gasteiger partial charge in [0.25, 0.3) is 5.91 Å². The number of carbonyl (C=O) groups excluding carboxylic acids is 1. The lowest BCUT2D eigenvalue weighted by atomic mass is 10.3. The minimum absolute atomic E-state index is 0.0768. The molecule has 1 aliphatic rings. The Bertz CT molecular complexity index is 375. The van der Waals surface area contributed by atoms with Gasteiger partial charge in [-0.15, -0.1) is 0 Å². The lowest BCUT2D eigenvalue weighted by molar-refractivity contribution is 0.0949. The van der Waals surface area contributed by atoms with Crippen LogP contribution >= 0.6 is 0 Å². The van der Waals surface area contributed by atoms with Crippen LogP contribution in [-0.4, -0.2) is 28.4 Å². The molecule has 2 N–H and O–H groups in total. The summed E-state index contributed by atoms with van der Waals surface area (Å²) < 4.78 is 5.12. The fourth-order valence-electron chi connectivity index (χ4n) is 1.12. The molecule has 1 atom stereocenters. The average molecular weight is 206 g/mol. The number of hydrazone groups is 1. The molecule has 15 heavy (non-hydrogen) atoms. The van der Waals surface area contributed by atoms with Gasteiger partial charge in [0, 0.05) is 12.6 Å². The molecule has 0 radical (unpaired) electrons. The smallest absolute Gasteiger partial charge is 0.289 e. The monoisotopic (exact) mass is 206 g/mol. The van der Waals surface area contributed by atoms with Gasteiger partial charge in [0.05, 0.1) is 12.5 Å². The van der Waals surface area contributed by atoms with Crippen molar-refractivity contribution >= 4 is 12.1 Å². The molecule has 0 aromatic carbocycles. The van der Waals surface area contributed by atoms with E-state index >= 15 is 0 Å². The van der Waals surface area contributed by atoms with Gasteiger partial charge in [-0.1, -0.05) is 0 Å². The predicted molar refractivity (Wildman–Crippen MR) is 53.2 cm³/mol. The van der Waals surface area contributed by atoms with E-state index in [2.05, 4.69) is 20.7 Å². The molecule has 6 nitrogen and oxygen atoms in total. The number of aromatic nitrogens is 2. The number of carbonyl (C=O) groups is 1. The number of nitrogens with one attached hydrogen (secondary N) is 2. The Morgan fingerprint density at radius 3 is 3.40 bits per heavy atom. The Balaban J connectivity index is 1.80. The largest absolute Gasteiger partial charge is 0.492 e. The third-order valence-electron chi connectivity index (χ3n) is 1.87. The van der Waals surface area contributed by atoms with E-state index in [4.69, 9.17) is 4.74 Å². The van der Waals surface area contributed by atoms with Crippen LogP contribution in [0.1, 0.15) is 16.9 Å². The van der Waals surface area contributed by atoms with Gasteiger partial charge in [-0.3, -0.25) is 9.89 Å². The summed E-state index contributed by atoms with van der Waals surface area (Å²) in [5.74, 6) is -0.324. The Hall–Kier alpha value is -2.11. The van der Waals surface area contributed by atoms with Crippen LogP contribution in [0.5, 0.6) is 0 Å². The lowest BCUT2D eigenvalue weighted by Gasteiger charge is -2.02. The van der Waals surface area contributed by atoms with E-state index < -0.39 is 0 Å². The standard InChI is InChI=1S/C9H10N4O2/c14-9(8-3-4-10-12-8)13-11-6-7-2-1-5-15-7/h1,3-7H,2H2,(H,10,12)(H,13,14)/b11-6+. The van der Waals surface area contributed by atoms with Gasteiger partial charge >= 0.3 is 0 Å². The normalized spacial score (nSPS) is 19.3. The van der Waals surface area contributed by atoms with Crippen LogP contribution in [-0.2, 0) is 4.74 Å². The number of amides is 1. The second-order valence-electron chi connectivity index (χ2n) is 2.97. The van der Waals surface area contributed by atoms with Crippen molar-refractivity contribution in [2.75, 3.05) is 0 Å². The van der Waals surface area contributed by atoms with Crippen LogP contribution in [0.25, 0.3) is 0 Å². The van der Waals surface area contributed by atoms with Crippen molar-refractivity contribution in [3.63, 3.8) is 0 Å². The quantitative estimate of drug-likeness (QED) is 0.556. The van der Waals surface area contributed by atoms with Crippen molar-refractivity contribution in [3.05, 3.63) is 30.3 Å². The second kappa shape index (κ2) is 4.41. The van der Waals surface area contributed by atoms with E-state index in [0.29, 0.717) is 5.69 Å². The maximum atomic E-state index is 11.3. The minimum Gasteiger partial charge on any atom is -0.492 e. The minimum atomic E-state index is -0.324. The summed E-state index contributed by atoms with van der Waals surface area (Å²) in [4.78, 5) is 11.3. The number of ether oxygens (including phenoxy) is 1. The molecule has 6 heteroatoms. The van der Waals surface area contributed by atoms with Gasteiger partial charge in [0.1, 0.15) is 11.8 Å². The van der Waals surface area contributed by atoms with Gasteiger partial charge in [-0.2, -0.15) is 10.2 Å². The first kappa shape index (κ1) is 9.45. The summed E-state index contributed by atoms with van der Waals surface area (Å²) in [6, 6.07) is 1.57. The molecule has 1 amide bonds. The van der Waals surface area contributed by atoms with Crippen molar-refractivity contribution in [2.24, 2.45) is 5.10 Å². The summed E-state index contributed by atoms with van der Waals surface area (Å²) in [6.45, 7) is 0. The number of rotatable bonds is 3. The van der Waals surface area contributed by atoms with Crippen molar-refractivity contribution < 1.29 is 9.53 Å². The highest BCUT2D eigenvalue weighted by atomic mass is 16.5. The number of aromatic amines is 1.